The maximum atomic E-state index is 12.2. The van der Waals surface area contributed by atoms with E-state index in [1.807, 2.05) is 0 Å². The summed E-state index contributed by atoms with van der Waals surface area (Å²) in [7, 11) is 0. The van der Waals surface area contributed by atoms with Crippen LogP contribution >= 0.6 is 0 Å². The van der Waals surface area contributed by atoms with Gasteiger partial charge in [-0.15, -0.1) is 0 Å². The number of phenolic OH excluding ortho intramolecular Hbond substituents is 1. The monoisotopic (exact) mass is 287 g/mol. The molecule has 1 aromatic rings. The molecule has 21 heavy (non-hydrogen) atoms. The van der Waals surface area contributed by atoms with E-state index < -0.39 is 6.04 Å². The van der Waals surface area contributed by atoms with Crippen molar-refractivity contribution in [3.8, 4) is 11.8 Å². The van der Waals surface area contributed by atoms with Crippen LogP contribution in [-0.4, -0.2) is 23.1 Å². The summed E-state index contributed by atoms with van der Waals surface area (Å²) in [6, 6.07) is 8.08. The van der Waals surface area contributed by atoms with Crippen LogP contribution in [0.4, 0.5) is 0 Å². The van der Waals surface area contributed by atoms with Gasteiger partial charge in [-0.3, -0.25) is 4.79 Å². The first-order valence-corrected chi connectivity index (χ1v) is 7.33. The third-order valence-electron chi connectivity index (χ3n) is 4.00. The molecule has 0 heterocycles. The highest BCUT2D eigenvalue weighted by Crippen LogP contribution is 2.23. The van der Waals surface area contributed by atoms with E-state index in [4.69, 9.17) is 5.73 Å². The second kappa shape index (κ2) is 7.09. The minimum atomic E-state index is -0.573. The highest BCUT2D eigenvalue weighted by Gasteiger charge is 2.29. The molecule has 1 aromatic carbocycles. The average Bonchev–Trinajstić information content (AvgIpc) is 2.49. The molecule has 5 heteroatoms. The van der Waals surface area contributed by atoms with Gasteiger partial charge in [0.2, 0.25) is 5.91 Å². The predicted molar refractivity (Wildman–Crippen MR) is 79.3 cm³/mol. The minimum Gasteiger partial charge on any atom is -0.508 e. The van der Waals surface area contributed by atoms with E-state index >= 15 is 0 Å². The zero-order valence-electron chi connectivity index (χ0n) is 12.0. The summed E-state index contributed by atoms with van der Waals surface area (Å²) in [5.41, 5.74) is 6.89. The molecule has 0 radical (unpaired) electrons. The lowest BCUT2D eigenvalue weighted by Crippen LogP contribution is -2.47. The van der Waals surface area contributed by atoms with Crippen molar-refractivity contribution in [3.63, 3.8) is 0 Å². The molecule has 0 unspecified atom stereocenters. The molecule has 112 valence electrons. The summed E-state index contributed by atoms with van der Waals surface area (Å²) in [5.74, 6) is -0.119. The zero-order chi connectivity index (χ0) is 15.2. The van der Waals surface area contributed by atoms with Crippen LogP contribution in [0.2, 0.25) is 0 Å². The molecular formula is C16H21N3O2. The smallest absolute Gasteiger partial charge is 0.225 e. The van der Waals surface area contributed by atoms with Gasteiger partial charge in [0.15, 0.2) is 0 Å². The van der Waals surface area contributed by atoms with Crippen LogP contribution in [0.25, 0.3) is 0 Å². The summed E-state index contributed by atoms with van der Waals surface area (Å²) in [5, 5.41) is 21.2. The fraction of sp³-hybridized carbons (Fsp3) is 0.500. The van der Waals surface area contributed by atoms with Crippen LogP contribution < -0.4 is 11.1 Å². The molecule has 0 aromatic heterocycles. The van der Waals surface area contributed by atoms with Crippen LogP contribution in [0.3, 0.4) is 0 Å². The topological polar surface area (TPSA) is 99.1 Å². The third kappa shape index (κ3) is 4.20. The first kappa shape index (κ1) is 15.3. The molecule has 0 bridgehead atoms. The molecule has 1 aliphatic rings. The van der Waals surface area contributed by atoms with Crippen LogP contribution in [0.5, 0.6) is 5.75 Å². The molecule has 0 spiro atoms. The van der Waals surface area contributed by atoms with Crippen molar-refractivity contribution < 1.29 is 9.90 Å². The molecule has 0 saturated heterocycles. The number of hydrogen-bond acceptors (Lipinski definition) is 4. The quantitative estimate of drug-likeness (QED) is 0.780. The van der Waals surface area contributed by atoms with Gasteiger partial charge in [-0.1, -0.05) is 25.0 Å². The molecule has 1 saturated carbocycles. The molecule has 5 nitrogen and oxygen atoms in total. The van der Waals surface area contributed by atoms with Gasteiger partial charge < -0.3 is 16.2 Å². The Kier molecular flexibility index (Phi) is 5.18. The van der Waals surface area contributed by atoms with Crippen molar-refractivity contribution in [2.45, 2.75) is 44.2 Å². The van der Waals surface area contributed by atoms with E-state index in [-0.39, 0.29) is 23.6 Å². The van der Waals surface area contributed by atoms with Crippen LogP contribution in [0.15, 0.2) is 24.3 Å². The maximum Gasteiger partial charge on any atom is 0.225 e. The van der Waals surface area contributed by atoms with Gasteiger partial charge in [-0.05, 0) is 30.5 Å². The summed E-state index contributed by atoms with van der Waals surface area (Å²) >= 11 is 0. The zero-order valence-corrected chi connectivity index (χ0v) is 12.0. The second-order valence-electron chi connectivity index (χ2n) is 5.62. The second-order valence-corrected chi connectivity index (χ2v) is 5.62. The number of aromatic hydroxyl groups is 1. The lowest BCUT2D eigenvalue weighted by molar-refractivity contribution is -0.126. The van der Waals surface area contributed by atoms with Crippen LogP contribution in [0, 0.1) is 17.2 Å². The van der Waals surface area contributed by atoms with Crippen LogP contribution in [0.1, 0.15) is 31.2 Å². The van der Waals surface area contributed by atoms with Gasteiger partial charge in [-0.2, -0.15) is 5.26 Å². The molecule has 1 aliphatic carbocycles. The highest BCUT2D eigenvalue weighted by molar-refractivity contribution is 5.80. The van der Waals surface area contributed by atoms with E-state index in [1.165, 1.54) is 0 Å². The maximum absolute atomic E-state index is 12.2. The number of phenols is 1. The largest absolute Gasteiger partial charge is 0.508 e. The highest BCUT2D eigenvalue weighted by atomic mass is 16.3. The van der Waals surface area contributed by atoms with Crippen molar-refractivity contribution in [1.82, 2.24) is 5.32 Å². The van der Waals surface area contributed by atoms with Crippen LogP contribution in [-0.2, 0) is 11.2 Å². The fourth-order valence-electron chi connectivity index (χ4n) is 2.76. The Balaban J connectivity index is 1.94. The number of benzene rings is 1. The van der Waals surface area contributed by atoms with E-state index in [0.717, 1.165) is 31.2 Å². The number of amides is 1. The summed E-state index contributed by atoms with van der Waals surface area (Å²) in [6.07, 6.45) is 4.17. The Bertz CT molecular complexity index is 521. The van der Waals surface area contributed by atoms with E-state index in [0.29, 0.717) is 6.42 Å². The van der Waals surface area contributed by atoms with Gasteiger partial charge in [-0.25, -0.2) is 0 Å². The molecule has 2 rings (SSSR count). The van der Waals surface area contributed by atoms with Gasteiger partial charge in [0.05, 0.1) is 12.0 Å². The predicted octanol–water partition coefficient (Wildman–Crippen LogP) is 1.46. The SMILES string of the molecule is N#C[C@H](Cc1ccc(O)cc1)NC(=O)[C@@H]1CCCC[C@@H]1N. The Morgan fingerprint density at radius 1 is 1.38 bits per heavy atom. The Labute approximate surface area is 124 Å². The number of rotatable bonds is 4. The molecule has 1 amide bonds. The van der Waals surface area contributed by atoms with Gasteiger partial charge in [0.25, 0.3) is 0 Å². The number of nitriles is 1. The van der Waals surface area contributed by atoms with Crippen molar-refractivity contribution in [2.75, 3.05) is 0 Å². The molecule has 3 atom stereocenters. The van der Waals surface area contributed by atoms with Crippen molar-refractivity contribution in [2.24, 2.45) is 11.7 Å². The Morgan fingerprint density at radius 3 is 2.67 bits per heavy atom. The average molecular weight is 287 g/mol. The van der Waals surface area contributed by atoms with E-state index in [9.17, 15) is 15.2 Å². The van der Waals surface area contributed by atoms with Crippen molar-refractivity contribution >= 4 is 5.91 Å². The van der Waals surface area contributed by atoms with Gasteiger partial charge in [0.1, 0.15) is 11.8 Å². The number of carbonyl (C=O) groups is 1. The standard InChI is InChI=1S/C16H21N3O2/c17-10-12(9-11-5-7-13(20)8-6-11)19-16(21)14-3-1-2-4-15(14)18/h5-8,12,14-15,20H,1-4,9,18H2,(H,19,21)/t12-,14+,15-/m0/s1. The minimum absolute atomic E-state index is 0.105. The molecular weight excluding hydrogens is 266 g/mol. The number of carbonyl (C=O) groups excluding carboxylic acids is 1. The van der Waals surface area contributed by atoms with Gasteiger partial charge >= 0.3 is 0 Å². The lowest BCUT2D eigenvalue weighted by atomic mass is 9.84. The van der Waals surface area contributed by atoms with Gasteiger partial charge in [0, 0.05) is 12.5 Å². The fourth-order valence-corrected chi connectivity index (χ4v) is 2.76. The normalized spacial score (nSPS) is 23.0. The summed E-state index contributed by atoms with van der Waals surface area (Å²) in [6.45, 7) is 0. The number of nitrogens with one attached hydrogen (secondary N) is 1. The summed E-state index contributed by atoms with van der Waals surface area (Å²) in [4.78, 5) is 12.2. The van der Waals surface area contributed by atoms with Crippen molar-refractivity contribution in [1.29, 1.82) is 5.26 Å². The molecule has 1 fully saturated rings. The Morgan fingerprint density at radius 2 is 2.05 bits per heavy atom. The van der Waals surface area contributed by atoms with E-state index in [2.05, 4.69) is 11.4 Å². The molecule has 4 N–H and O–H groups in total. The lowest BCUT2D eigenvalue weighted by Gasteiger charge is -2.28. The number of hydrogen-bond donors (Lipinski definition) is 3. The summed E-state index contributed by atoms with van der Waals surface area (Å²) < 4.78 is 0. The van der Waals surface area contributed by atoms with Crippen molar-refractivity contribution in [3.05, 3.63) is 29.8 Å². The Hall–Kier alpha value is -2.06. The first-order valence-electron chi connectivity index (χ1n) is 7.33. The van der Waals surface area contributed by atoms with E-state index in [1.54, 1.807) is 24.3 Å². The number of nitrogens with two attached hydrogens (primary N) is 1. The third-order valence-corrected chi connectivity index (χ3v) is 4.00. The number of nitrogens with zero attached hydrogens (tertiary/aromatic N) is 1. The molecule has 0 aliphatic heterocycles. The first-order chi connectivity index (χ1) is 10.1.